The maximum Gasteiger partial charge on any atom is 0.255 e. The molecular formula is C21H27N5O4. The quantitative estimate of drug-likeness (QED) is 0.625. The zero-order valence-electron chi connectivity index (χ0n) is 16.9. The Labute approximate surface area is 175 Å². The SMILES string of the molecule is NCCC(=O)N1CCN(Cc2cccc3c2C(=O)N(C2CCC(=O)NC2=O)C3)CC1. The molecule has 1 atom stereocenters. The molecule has 30 heavy (non-hydrogen) atoms. The molecule has 0 aromatic heterocycles. The molecule has 0 bridgehead atoms. The molecule has 1 aromatic rings. The van der Waals surface area contributed by atoms with E-state index in [4.69, 9.17) is 5.73 Å². The van der Waals surface area contributed by atoms with Crippen molar-refractivity contribution in [3.05, 3.63) is 34.9 Å². The Morgan fingerprint density at radius 3 is 2.60 bits per heavy atom. The highest BCUT2D eigenvalue weighted by molar-refractivity contribution is 6.06. The van der Waals surface area contributed by atoms with Crippen molar-refractivity contribution >= 4 is 23.6 Å². The first-order valence-corrected chi connectivity index (χ1v) is 10.4. The van der Waals surface area contributed by atoms with Crippen LogP contribution in [0.25, 0.3) is 0 Å². The Kier molecular flexibility index (Phi) is 5.83. The number of nitrogens with two attached hydrogens (primary N) is 1. The minimum Gasteiger partial charge on any atom is -0.340 e. The van der Waals surface area contributed by atoms with Crippen molar-refractivity contribution in [2.24, 2.45) is 5.73 Å². The highest BCUT2D eigenvalue weighted by atomic mass is 16.2. The zero-order chi connectivity index (χ0) is 21.3. The number of amides is 4. The number of imide groups is 1. The topological polar surface area (TPSA) is 116 Å². The maximum atomic E-state index is 13.2. The molecule has 160 valence electrons. The first-order valence-electron chi connectivity index (χ1n) is 10.4. The average Bonchev–Trinajstić information content (AvgIpc) is 3.06. The van der Waals surface area contributed by atoms with Gasteiger partial charge in [0.15, 0.2) is 0 Å². The summed E-state index contributed by atoms with van der Waals surface area (Å²) in [7, 11) is 0. The van der Waals surface area contributed by atoms with Crippen LogP contribution in [0, 0.1) is 0 Å². The molecule has 0 saturated carbocycles. The number of carbonyl (C=O) groups is 4. The van der Waals surface area contributed by atoms with E-state index in [-0.39, 0.29) is 24.1 Å². The van der Waals surface area contributed by atoms with Gasteiger partial charge >= 0.3 is 0 Å². The van der Waals surface area contributed by atoms with Crippen molar-refractivity contribution in [3.63, 3.8) is 0 Å². The predicted octanol–water partition coefficient (Wildman–Crippen LogP) is -0.559. The molecule has 1 unspecified atom stereocenters. The summed E-state index contributed by atoms with van der Waals surface area (Å²) in [5.41, 5.74) is 8.00. The summed E-state index contributed by atoms with van der Waals surface area (Å²) < 4.78 is 0. The fourth-order valence-electron chi connectivity index (χ4n) is 4.50. The molecule has 2 saturated heterocycles. The third kappa shape index (κ3) is 3.95. The maximum absolute atomic E-state index is 13.2. The van der Waals surface area contributed by atoms with Crippen LogP contribution in [0.1, 0.15) is 40.7 Å². The van der Waals surface area contributed by atoms with Gasteiger partial charge in [0.2, 0.25) is 17.7 Å². The number of hydrogen-bond donors (Lipinski definition) is 2. The van der Waals surface area contributed by atoms with Crippen LogP contribution in [0.4, 0.5) is 0 Å². The van der Waals surface area contributed by atoms with E-state index in [2.05, 4.69) is 10.2 Å². The number of rotatable bonds is 5. The first kappa shape index (κ1) is 20.5. The van der Waals surface area contributed by atoms with Crippen molar-refractivity contribution in [1.29, 1.82) is 0 Å². The van der Waals surface area contributed by atoms with Gasteiger partial charge in [0, 0.05) is 64.2 Å². The fourth-order valence-corrected chi connectivity index (χ4v) is 4.50. The molecule has 1 aromatic carbocycles. The highest BCUT2D eigenvalue weighted by Gasteiger charge is 2.40. The van der Waals surface area contributed by atoms with Crippen LogP contribution in [0.5, 0.6) is 0 Å². The third-order valence-electron chi connectivity index (χ3n) is 6.12. The minimum absolute atomic E-state index is 0.0906. The summed E-state index contributed by atoms with van der Waals surface area (Å²) in [6, 6.07) is 5.21. The minimum atomic E-state index is -0.604. The normalized spacial score (nSPS) is 22.3. The van der Waals surface area contributed by atoms with Crippen molar-refractivity contribution in [1.82, 2.24) is 20.0 Å². The molecule has 0 aliphatic carbocycles. The van der Waals surface area contributed by atoms with Gasteiger partial charge < -0.3 is 15.5 Å². The van der Waals surface area contributed by atoms with Crippen LogP contribution in [-0.4, -0.2) is 77.1 Å². The summed E-state index contributed by atoms with van der Waals surface area (Å²) in [5.74, 6) is -0.739. The van der Waals surface area contributed by atoms with Gasteiger partial charge in [-0.1, -0.05) is 18.2 Å². The largest absolute Gasteiger partial charge is 0.340 e. The predicted molar refractivity (Wildman–Crippen MR) is 108 cm³/mol. The summed E-state index contributed by atoms with van der Waals surface area (Å²) in [6.45, 7) is 4.16. The molecule has 3 N–H and O–H groups in total. The Bertz CT molecular complexity index is 878. The van der Waals surface area contributed by atoms with E-state index in [1.54, 1.807) is 4.90 Å². The number of fused-ring (bicyclic) bond motifs is 1. The smallest absolute Gasteiger partial charge is 0.255 e. The Hall–Kier alpha value is -2.78. The molecule has 0 spiro atoms. The Morgan fingerprint density at radius 2 is 1.90 bits per heavy atom. The standard InChI is InChI=1S/C21H27N5O4/c22-7-6-18(28)25-10-8-24(9-11-25)12-14-2-1-3-15-13-26(21(30)19(14)15)16-4-5-17(27)23-20(16)29/h1-3,16H,4-13,22H2,(H,23,27,29). The van der Waals surface area contributed by atoms with E-state index in [9.17, 15) is 19.2 Å². The van der Waals surface area contributed by atoms with Gasteiger partial charge in [-0.05, 0) is 17.5 Å². The van der Waals surface area contributed by atoms with Crippen LogP contribution >= 0.6 is 0 Å². The molecule has 2 fully saturated rings. The molecule has 3 aliphatic heterocycles. The number of nitrogens with zero attached hydrogens (tertiary/aromatic N) is 3. The van der Waals surface area contributed by atoms with E-state index in [1.165, 1.54) is 0 Å². The Morgan fingerprint density at radius 1 is 1.13 bits per heavy atom. The number of nitrogens with one attached hydrogen (secondary N) is 1. The van der Waals surface area contributed by atoms with E-state index in [1.807, 2.05) is 23.1 Å². The third-order valence-corrected chi connectivity index (χ3v) is 6.12. The van der Waals surface area contributed by atoms with Gasteiger partial charge in [-0.2, -0.15) is 0 Å². The Balaban J connectivity index is 1.43. The monoisotopic (exact) mass is 413 g/mol. The lowest BCUT2D eigenvalue weighted by molar-refractivity contribution is -0.137. The molecule has 3 aliphatic rings. The van der Waals surface area contributed by atoms with Crippen LogP contribution < -0.4 is 11.1 Å². The van der Waals surface area contributed by atoms with E-state index in [0.29, 0.717) is 51.1 Å². The molecule has 9 nitrogen and oxygen atoms in total. The first-order chi connectivity index (χ1) is 14.5. The molecule has 3 heterocycles. The van der Waals surface area contributed by atoms with Gasteiger partial charge in [-0.15, -0.1) is 0 Å². The van der Waals surface area contributed by atoms with Gasteiger partial charge in [0.05, 0.1) is 0 Å². The molecule has 0 radical (unpaired) electrons. The van der Waals surface area contributed by atoms with Crippen LogP contribution in [0.3, 0.4) is 0 Å². The summed E-state index contributed by atoms with van der Waals surface area (Å²) in [6.07, 6.45) is 0.978. The number of carbonyl (C=O) groups excluding carboxylic acids is 4. The van der Waals surface area contributed by atoms with Gasteiger partial charge in [-0.25, -0.2) is 0 Å². The lowest BCUT2D eigenvalue weighted by Crippen LogP contribution is -2.52. The van der Waals surface area contributed by atoms with E-state index in [0.717, 1.165) is 24.2 Å². The van der Waals surface area contributed by atoms with Crippen molar-refractivity contribution in [3.8, 4) is 0 Å². The van der Waals surface area contributed by atoms with Crippen LogP contribution in [0.15, 0.2) is 18.2 Å². The zero-order valence-corrected chi connectivity index (χ0v) is 16.9. The van der Waals surface area contributed by atoms with E-state index >= 15 is 0 Å². The second-order valence-electron chi connectivity index (χ2n) is 8.05. The number of piperidine rings is 1. The molecule has 9 heteroatoms. The summed E-state index contributed by atoms with van der Waals surface area (Å²) in [4.78, 5) is 54.5. The number of benzene rings is 1. The van der Waals surface area contributed by atoms with Gasteiger partial charge in [-0.3, -0.25) is 29.4 Å². The summed E-state index contributed by atoms with van der Waals surface area (Å²) in [5, 5.41) is 2.34. The molecule has 4 rings (SSSR count). The molecule has 4 amide bonds. The van der Waals surface area contributed by atoms with Gasteiger partial charge in [0.1, 0.15) is 6.04 Å². The van der Waals surface area contributed by atoms with Crippen molar-refractivity contribution < 1.29 is 19.2 Å². The second kappa shape index (κ2) is 8.53. The second-order valence-corrected chi connectivity index (χ2v) is 8.05. The van der Waals surface area contributed by atoms with E-state index < -0.39 is 11.9 Å². The lowest BCUT2D eigenvalue weighted by atomic mass is 10.0. The number of hydrogen-bond acceptors (Lipinski definition) is 6. The fraction of sp³-hybridized carbons (Fsp3) is 0.524. The van der Waals surface area contributed by atoms with Gasteiger partial charge in [0.25, 0.3) is 5.91 Å². The van der Waals surface area contributed by atoms with Crippen molar-refractivity contribution in [2.45, 2.75) is 38.4 Å². The summed E-state index contributed by atoms with van der Waals surface area (Å²) >= 11 is 0. The number of piperazine rings is 1. The average molecular weight is 413 g/mol. The lowest BCUT2D eigenvalue weighted by Gasteiger charge is -2.35. The van der Waals surface area contributed by atoms with Crippen molar-refractivity contribution in [2.75, 3.05) is 32.7 Å². The van der Waals surface area contributed by atoms with Crippen LogP contribution in [0.2, 0.25) is 0 Å². The molecular weight excluding hydrogens is 386 g/mol. The highest BCUT2D eigenvalue weighted by Crippen LogP contribution is 2.30. The van der Waals surface area contributed by atoms with Crippen LogP contribution in [-0.2, 0) is 27.5 Å².